The van der Waals surface area contributed by atoms with Crippen molar-refractivity contribution < 1.29 is 32.9 Å². The number of carbonyl (C=O) groups excluding carboxylic acids is 1. The minimum Gasteiger partial charge on any atom is -0.501 e. The number of aromatic nitrogens is 2. The second kappa shape index (κ2) is 9.17. The first-order valence-corrected chi connectivity index (χ1v) is 10.4. The Balaban J connectivity index is 2.44. The second-order valence-corrected chi connectivity index (χ2v) is 8.73. The molecule has 0 unspecified atom stereocenters. The van der Waals surface area contributed by atoms with Crippen LogP contribution in [0.25, 0.3) is 0 Å². The molecule has 0 amide bonds. The Morgan fingerprint density at radius 2 is 1.97 bits per heavy atom. The van der Waals surface area contributed by atoms with Gasteiger partial charge in [0.25, 0.3) is 15.8 Å². The summed E-state index contributed by atoms with van der Waals surface area (Å²) in [4.78, 5) is 30.7. The van der Waals surface area contributed by atoms with Crippen molar-refractivity contribution in [3.63, 3.8) is 0 Å². The van der Waals surface area contributed by atoms with E-state index in [1.54, 1.807) is 6.92 Å². The molecule has 1 aromatic rings. The highest BCUT2D eigenvalue weighted by atomic mass is 32.2. The Bertz CT molecular complexity index is 891. The third-order valence-corrected chi connectivity index (χ3v) is 6.52. The van der Waals surface area contributed by atoms with Crippen molar-refractivity contribution in [2.45, 2.75) is 25.4 Å². The van der Waals surface area contributed by atoms with Crippen LogP contribution in [0.5, 0.6) is 5.75 Å². The van der Waals surface area contributed by atoms with Crippen molar-refractivity contribution >= 4 is 16.2 Å². The number of H-pyrrole nitrogens is 1. The van der Waals surface area contributed by atoms with Gasteiger partial charge in [0.05, 0.1) is 19.8 Å². The number of aromatic amines is 1. The fraction of sp³-hybridized carbons (Fsp3) is 0.688. The fourth-order valence-electron chi connectivity index (χ4n) is 3.02. The number of hydrogen-bond donors (Lipinski definition) is 3. The van der Waals surface area contributed by atoms with Gasteiger partial charge in [-0.15, -0.1) is 0 Å². The minimum atomic E-state index is -3.64. The monoisotopic (exact) mass is 434 g/mol. The largest absolute Gasteiger partial charge is 0.501 e. The zero-order chi connectivity index (χ0) is 21.8. The molecule has 1 fully saturated rings. The number of ether oxygens (including phenoxy) is 2. The average molecular weight is 434 g/mol. The lowest BCUT2D eigenvalue weighted by atomic mass is 9.91. The van der Waals surface area contributed by atoms with Crippen molar-refractivity contribution in [3.05, 3.63) is 21.9 Å². The third kappa shape index (κ3) is 4.75. The van der Waals surface area contributed by atoms with E-state index in [2.05, 4.69) is 9.97 Å². The molecule has 1 aliphatic rings. The van der Waals surface area contributed by atoms with Crippen LogP contribution in [0.1, 0.15) is 36.1 Å². The summed E-state index contributed by atoms with van der Waals surface area (Å²) >= 11 is 0. The van der Waals surface area contributed by atoms with Gasteiger partial charge in [-0.25, -0.2) is 9.78 Å². The summed E-state index contributed by atoms with van der Waals surface area (Å²) in [6.07, 6.45) is 0.214. The number of aromatic hydroxyl groups is 1. The summed E-state index contributed by atoms with van der Waals surface area (Å²) in [7, 11) is -0.800. The molecule has 0 aliphatic carbocycles. The molecule has 0 saturated carbocycles. The average Bonchev–Trinajstić information content (AvgIpc) is 2.68. The Kier molecular flexibility index (Phi) is 7.35. The number of esters is 1. The van der Waals surface area contributed by atoms with Crippen molar-refractivity contribution in [3.8, 4) is 5.75 Å². The van der Waals surface area contributed by atoms with Crippen molar-refractivity contribution in [2.24, 2.45) is 0 Å². The van der Waals surface area contributed by atoms with Crippen LogP contribution in [0.15, 0.2) is 4.79 Å². The molecule has 2 rings (SSSR count). The molecule has 1 aliphatic heterocycles. The summed E-state index contributed by atoms with van der Waals surface area (Å²) in [5.74, 6) is -1.89. The van der Waals surface area contributed by atoms with E-state index in [0.717, 1.165) is 4.31 Å². The van der Waals surface area contributed by atoms with E-state index >= 15 is 0 Å². The van der Waals surface area contributed by atoms with Crippen LogP contribution in [0.4, 0.5) is 0 Å². The molecule has 0 bridgehead atoms. The highest BCUT2D eigenvalue weighted by Gasteiger charge is 2.43. The maximum absolute atomic E-state index is 12.4. The van der Waals surface area contributed by atoms with Gasteiger partial charge in [0, 0.05) is 27.2 Å². The van der Waals surface area contributed by atoms with Gasteiger partial charge in [-0.05, 0) is 19.8 Å². The summed E-state index contributed by atoms with van der Waals surface area (Å²) in [5.41, 5.74) is -2.76. The normalized spacial score (nSPS) is 17.4. The predicted molar refractivity (Wildman–Crippen MR) is 101 cm³/mol. The Morgan fingerprint density at radius 1 is 1.34 bits per heavy atom. The molecule has 0 atom stereocenters. The molecule has 29 heavy (non-hydrogen) atoms. The molecule has 12 nitrogen and oxygen atoms in total. The number of nitrogens with one attached hydrogen (secondary N) is 1. The first-order chi connectivity index (χ1) is 13.6. The number of hydrogen-bond acceptors (Lipinski definition) is 9. The molecule has 0 spiro atoms. The summed E-state index contributed by atoms with van der Waals surface area (Å²) in [5, 5.41) is 19.1. The molecular formula is C16H26N4O8S. The number of piperidine rings is 1. The molecule has 0 radical (unpaired) electrons. The first-order valence-electron chi connectivity index (χ1n) is 9.02. The van der Waals surface area contributed by atoms with Gasteiger partial charge in [0.15, 0.2) is 5.69 Å². The lowest BCUT2D eigenvalue weighted by Gasteiger charge is -2.40. The molecule has 164 valence electrons. The van der Waals surface area contributed by atoms with E-state index in [0.29, 0.717) is 0 Å². The molecule has 1 saturated heterocycles. The minimum absolute atomic E-state index is 0.0194. The standard InChI is InChI=1S/C16H26N4O8S/c1-4-27-14(24)11-12(22)13(23)18-15(17-11)16(28-10-9-21)5-7-20(8-6-16)29(25,26)19(2)3/h21-22H,4-10H2,1-3H3,(H,17,18,23). The van der Waals surface area contributed by atoms with Gasteiger partial charge in [-0.2, -0.15) is 17.0 Å². The van der Waals surface area contributed by atoms with E-state index in [1.807, 2.05) is 0 Å². The Hall–Kier alpha value is -2.06. The van der Waals surface area contributed by atoms with Crippen LogP contribution < -0.4 is 5.56 Å². The highest BCUT2D eigenvalue weighted by molar-refractivity contribution is 7.86. The van der Waals surface area contributed by atoms with Gasteiger partial charge in [0.2, 0.25) is 5.75 Å². The van der Waals surface area contributed by atoms with Crippen LogP contribution in [0.2, 0.25) is 0 Å². The van der Waals surface area contributed by atoms with Gasteiger partial charge >= 0.3 is 5.97 Å². The van der Waals surface area contributed by atoms with E-state index < -0.39 is 38.8 Å². The summed E-state index contributed by atoms with van der Waals surface area (Å²) < 4.78 is 37.7. The quantitative estimate of drug-likeness (QED) is 0.425. The van der Waals surface area contributed by atoms with Crippen LogP contribution in [0.3, 0.4) is 0 Å². The van der Waals surface area contributed by atoms with Crippen LogP contribution in [-0.2, 0) is 25.3 Å². The highest BCUT2D eigenvalue weighted by Crippen LogP contribution is 2.36. The molecule has 13 heteroatoms. The van der Waals surface area contributed by atoms with E-state index in [-0.39, 0.29) is 51.6 Å². The third-order valence-electron chi connectivity index (χ3n) is 4.58. The van der Waals surface area contributed by atoms with E-state index in [4.69, 9.17) is 9.47 Å². The Morgan fingerprint density at radius 3 is 2.48 bits per heavy atom. The van der Waals surface area contributed by atoms with E-state index in [1.165, 1.54) is 18.4 Å². The smallest absolute Gasteiger partial charge is 0.361 e. The number of carbonyl (C=O) groups is 1. The van der Waals surface area contributed by atoms with Gasteiger partial charge in [-0.3, -0.25) is 4.79 Å². The zero-order valence-electron chi connectivity index (χ0n) is 16.5. The fourth-order valence-corrected chi connectivity index (χ4v) is 4.13. The summed E-state index contributed by atoms with van der Waals surface area (Å²) in [6.45, 7) is 1.30. The zero-order valence-corrected chi connectivity index (χ0v) is 17.4. The van der Waals surface area contributed by atoms with Gasteiger partial charge < -0.3 is 24.7 Å². The van der Waals surface area contributed by atoms with E-state index in [9.17, 15) is 28.2 Å². The van der Waals surface area contributed by atoms with Crippen molar-refractivity contribution in [1.82, 2.24) is 18.6 Å². The topological polar surface area (TPSA) is 162 Å². The van der Waals surface area contributed by atoms with Gasteiger partial charge in [0.1, 0.15) is 11.4 Å². The molecule has 1 aromatic heterocycles. The molecular weight excluding hydrogens is 408 g/mol. The Labute approximate surface area is 168 Å². The van der Waals surface area contributed by atoms with Crippen LogP contribution in [0, 0.1) is 0 Å². The predicted octanol–water partition coefficient (Wildman–Crippen LogP) is -1.24. The summed E-state index contributed by atoms with van der Waals surface area (Å²) in [6, 6.07) is 0. The number of rotatable bonds is 8. The number of nitrogens with zero attached hydrogens (tertiary/aromatic N) is 3. The lowest BCUT2D eigenvalue weighted by molar-refractivity contribution is -0.0963. The number of aliphatic hydroxyl groups excluding tert-OH is 1. The SMILES string of the molecule is CCOC(=O)c1nc(C2(OCCO)CCN(S(=O)(=O)N(C)C)CC2)[nH]c(=O)c1O. The maximum atomic E-state index is 12.4. The second-order valence-electron chi connectivity index (χ2n) is 6.59. The number of aliphatic hydroxyl groups is 1. The molecule has 0 aromatic carbocycles. The van der Waals surface area contributed by atoms with Gasteiger partial charge in [-0.1, -0.05) is 0 Å². The van der Waals surface area contributed by atoms with Crippen molar-refractivity contribution in [1.29, 1.82) is 0 Å². The lowest BCUT2D eigenvalue weighted by Crippen LogP contribution is -2.50. The molecule has 2 heterocycles. The van der Waals surface area contributed by atoms with Crippen LogP contribution >= 0.6 is 0 Å². The van der Waals surface area contributed by atoms with Crippen LogP contribution in [-0.4, -0.2) is 90.2 Å². The maximum Gasteiger partial charge on any atom is 0.361 e. The van der Waals surface area contributed by atoms with Crippen molar-refractivity contribution in [2.75, 3.05) is 47.0 Å². The molecule has 3 N–H and O–H groups in total. The first kappa shape index (κ1) is 23.2.